The van der Waals surface area contributed by atoms with Gasteiger partial charge in [0.05, 0.1) is 23.4 Å². The summed E-state index contributed by atoms with van der Waals surface area (Å²) in [6, 6.07) is 5.78. The predicted molar refractivity (Wildman–Crippen MR) is 88.6 cm³/mol. The molecule has 24 heavy (non-hydrogen) atoms. The van der Waals surface area contributed by atoms with E-state index in [2.05, 4.69) is 22.2 Å². The number of carbonyl (C=O) groups is 1. The molecule has 0 saturated carbocycles. The van der Waals surface area contributed by atoms with Crippen LogP contribution in [0.25, 0.3) is 10.9 Å². The fourth-order valence-corrected chi connectivity index (χ4v) is 4.10. The molecule has 1 aromatic heterocycles. The minimum absolute atomic E-state index is 0. The number of hydrogen-bond donors (Lipinski definition) is 2. The van der Waals surface area contributed by atoms with Gasteiger partial charge in [-0.25, -0.2) is 9.48 Å². The van der Waals surface area contributed by atoms with E-state index in [1.54, 1.807) is 18.3 Å². The number of carboxylic acid groups (broad SMARTS) is 1. The summed E-state index contributed by atoms with van der Waals surface area (Å²) < 4.78 is 1.82. The first kappa shape index (κ1) is 17.5. The maximum Gasteiger partial charge on any atom is 1.00 e. The summed E-state index contributed by atoms with van der Waals surface area (Å²) >= 11 is 0. The van der Waals surface area contributed by atoms with Gasteiger partial charge in [-0.05, 0) is 44.8 Å². The number of piperidine rings is 3. The Kier molecular flexibility index (Phi) is 5.02. The van der Waals surface area contributed by atoms with Crippen molar-refractivity contribution in [1.82, 2.24) is 20.0 Å². The molecule has 3 aliphatic rings. The summed E-state index contributed by atoms with van der Waals surface area (Å²) in [5.41, 5.74) is 1.00. The van der Waals surface area contributed by atoms with Gasteiger partial charge in [0.25, 0.3) is 0 Å². The molecule has 2 bridgehead atoms. The van der Waals surface area contributed by atoms with Gasteiger partial charge >= 0.3 is 24.8 Å². The van der Waals surface area contributed by atoms with Crippen LogP contribution in [0, 0.1) is 5.92 Å². The monoisotopic (exact) mass is 322 g/mol. The van der Waals surface area contributed by atoms with Crippen LogP contribution in [0.4, 0.5) is 0 Å². The number of aromatic carboxylic acids is 1. The first-order valence-corrected chi connectivity index (χ1v) is 8.31. The molecule has 5 rings (SSSR count). The normalized spacial score (nSPS) is 27.0. The standard InChI is InChI=1S/C17H22N4O2.Li.H/c1-11(19-15-10-20-7-5-12(15)6-8-20)21-16-13(9-18-21)3-2-4-14(16)17(22)23;;/h2-4,9,11-12,15,19H,5-8,10H2,1H3,(H,22,23);;/q;+1;-1. The molecule has 3 aliphatic heterocycles. The average Bonchev–Trinajstić information content (AvgIpc) is 3.00. The Labute approximate surface area is 154 Å². The number of carboxylic acids is 1. The zero-order valence-electron chi connectivity index (χ0n) is 15.3. The van der Waals surface area contributed by atoms with Crippen molar-refractivity contribution in [2.75, 3.05) is 19.6 Å². The van der Waals surface area contributed by atoms with Crippen molar-refractivity contribution < 1.29 is 30.2 Å². The Balaban J connectivity index is 0.00000113. The van der Waals surface area contributed by atoms with Crippen molar-refractivity contribution in [3.63, 3.8) is 0 Å². The van der Waals surface area contributed by atoms with Crippen molar-refractivity contribution in [3.05, 3.63) is 30.0 Å². The van der Waals surface area contributed by atoms with Crippen LogP contribution in [0.1, 0.15) is 37.7 Å². The number of aromatic nitrogens is 2. The van der Waals surface area contributed by atoms with Crippen molar-refractivity contribution in [2.24, 2.45) is 5.92 Å². The molecule has 0 spiro atoms. The molecule has 2 N–H and O–H groups in total. The van der Waals surface area contributed by atoms with Gasteiger partial charge in [0, 0.05) is 18.0 Å². The minimum atomic E-state index is -0.910. The summed E-state index contributed by atoms with van der Waals surface area (Å²) in [7, 11) is 0. The first-order chi connectivity index (χ1) is 11.1. The van der Waals surface area contributed by atoms with Crippen molar-refractivity contribution in [1.29, 1.82) is 0 Å². The van der Waals surface area contributed by atoms with E-state index in [4.69, 9.17) is 0 Å². The predicted octanol–water partition coefficient (Wildman–Crippen LogP) is -0.947. The summed E-state index contributed by atoms with van der Waals surface area (Å²) in [6.07, 6.45) is 4.23. The van der Waals surface area contributed by atoms with E-state index in [0.717, 1.165) is 17.8 Å². The zero-order chi connectivity index (χ0) is 16.0. The van der Waals surface area contributed by atoms with Gasteiger partial charge < -0.3 is 11.4 Å². The van der Waals surface area contributed by atoms with Gasteiger partial charge in [-0.2, -0.15) is 5.10 Å². The summed E-state index contributed by atoms with van der Waals surface area (Å²) in [5, 5.41) is 18.4. The first-order valence-electron chi connectivity index (χ1n) is 8.31. The van der Waals surface area contributed by atoms with Crippen LogP contribution in [0.3, 0.4) is 0 Å². The van der Waals surface area contributed by atoms with Crippen molar-refractivity contribution in [2.45, 2.75) is 32.0 Å². The van der Waals surface area contributed by atoms with E-state index in [1.807, 2.05) is 10.7 Å². The summed E-state index contributed by atoms with van der Waals surface area (Å²) in [4.78, 5) is 14.0. The van der Waals surface area contributed by atoms with Gasteiger partial charge in [0.15, 0.2) is 0 Å². The van der Waals surface area contributed by atoms with Crippen LogP contribution < -0.4 is 24.2 Å². The number of rotatable bonds is 4. The Morgan fingerprint density at radius 1 is 1.42 bits per heavy atom. The van der Waals surface area contributed by atoms with E-state index in [0.29, 0.717) is 17.1 Å². The van der Waals surface area contributed by atoms with Crippen molar-refractivity contribution in [3.8, 4) is 0 Å². The van der Waals surface area contributed by atoms with Crippen molar-refractivity contribution >= 4 is 16.9 Å². The number of benzene rings is 1. The van der Waals surface area contributed by atoms with Gasteiger partial charge in [-0.15, -0.1) is 0 Å². The average molecular weight is 322 g/mol. The van der Waals surface area contributed by atoms with E-state index in [9.17, 15) is 9.90 Å². The van der Waals surface area contributed by atoms with Gasteiger partial charge in [-0.3, -0.25) is 5.32 Å². The second kappa shape index (κ2) is 6.89. The Hall–Kier alpha value is -1.32. The molecule has 124 valence electrons. The molecular formula is C17H23LiN4O2. The van der Waals surface area contributed by atoms with Crippen LogP contribution >= 0.6 is 0 Å². The number of para-hydroxylation sites is 1. The van der Waals surface area contributed by atoms with Gasteiger partial charge in [0.1, 0.15) is 0 Å². The van der Waals surface area contributed by atoms with Crippen LogP contribution in [0.2, 0.25) is 0 Å². The Morgan fingerprint density at radius 3 is 2.79 bits per heavy atom. The number of hydrogen-bond acceptors (Lipinski definition) is 4. The summed E-state index contributed by atoms with van der Waals surface area (Å²) in [5.74, 6) is -0.185. The Bertz CT molecular complexity index is 745. The molecule has 6 nitrogen and oxygen atoms in total. The summed E-state index contributed by atoms with van der Waals surface area (Å²) in [6.45, 7) is 5.57. The quantitative estimate of drug-likeness (QED) is 0.711. The molecule has 0 aliphatic carbocycles. The van der Waals surface area contributed by atoms with E-state index in [-0.39, 0.29) is 26.5 Å². The van der Waals surface area contributed by atoms with Gasteiger partial charge in [0.2, 0.25) is 0 Å². The maximum absolute atomic E-state index is 11.5. The number of nitrogens with one attached hydrogen (secondary N) is 1. The fourth-order valence-electron chi connectivity index (χ4n) is 4.10. The molecule has 7 heteroatoms. The molecular weight excluding hydrogens is 299 g/mol. The SMILES string of the molecule is CC(NC1CN2CCC1CC2)n1ncc2cccc(C(=O)O)c21.[H-].[Li+]. The van der Waals surface area contributed by atoms with E-state index in [1.165, 1.54) is 25.9 Å². The minimum Gasteiger partial charge on any atom is -1.00 e. The fraction of sp³-hybridized carbons (Fsp3) is 0.529. The molecule has 3 saturated heterocycles. The molecule has 2 aromatic rings. The molecule has 0 amide bonds. The third-order valence-corrected chi connectivity index (χ3v) is 5.33. The van der Waals surface area contributed by atoms with Crippen LogP contribution in [0.5, 0.6) is 0 Å². The second-order valence-electron chi connectivity index (χ2n) is 6.72. The molecule has 1 aromatic carbocycles. The maximum atomic E-state index is 11.5. The zero-order valence-corrected chi connectivity index (χ0v) is 14.3. The number of fused-ring (bicyclic) bond motifs is 4. The topological polar surface area (TPSA) is 70.4 Å². The molecule has 3 fully saturated rings. The largest absolute Gasteiger partial charge is 1.00 e. The third kappa shape index (κ3) is 3.00. The number of nitrogens with zero attached hydrogens (tertiary/aromatic N) is 3. The smallest absolute Gasteiger partial charge is 1.00 e. The van der Waals surface area contributed by atoms with E-state index < -0.39 is 5.97 Å². The van der Waals surface area contributed by atoms with E-state index >= 15 is 0 Å². The Morgan fingerprint density at radius 2 is 2.17 bits per heavy atom. The molecule has 0 radical (unpaired) electrons. The van der Waals surface area contributed by atoms with Crippen LogP contribution in [-0.2, 0) is 0 Å². The van der Waals surface area contributed by atoms with Crippen LogP contribution in [-0.4, -0.2) is 51.4 Å². The second-order valence-corrected chi connectivity index (χ2v) is 6.72. The molecule has 4 heterocycles. The van der Waals surface area contributed by atoms with Crippen LogP contribution in [0.15, 0.2) is 24.4 Å². The molecule has 2 unspecified atom stereocenters. The van der Waals surface area contributed by atoms with Gasteiger partial charge in [-0.1, -0.05) is 12.1 Å². The molecule has 2 atom stereocenters. The third-order valence-electron chi connectivity index (χ3n) is 5.33.